The van der Waals surface area contributed by atoms with Gasteiger partial charge in [0.1, 0.15) is 6.10 Å². The van der Waals surface area contributed by atoms with Crippen molar-refractivity contribution >= 4 is 0 Å². The maximum absolute atomic E-state index is 5.97. The maximum Gasteiger partial charge on any atom is 0.107 e. The summed E-state index contributed by atoms with van der Waals surface area (Å²) in [4.78, 5) is 0. The van der Waals surface area contributed by atoms with E-state index in [1.54, 1.807) is 0 Å². The molecular weight excluding hydrogens is 212 g/mol. The monoisotopic (exact) mass is 234 g/mol. The summed E-state index contributed by atoms with van der Waals surface area (Å²) >= 11 is 0. The minimum Gasteiger partial charge on any atom is -0.371 e. The van der Waals surface area contributed by atoms with E-state index in [-0.39, 0.29) is 0 Å². The van der Waals surface area contributed by atoms with Crippen molar-refractivity contribution in [3.63, 3.8) is 0 Å². The molecule has 1 aromatic rings. The lowest BCUT2D eigenvalue weighted by atomic mass is 10.1. The average molecular weight is 234 g/mol. The highest BCUT2D eigenvalue weighted by Gasteiger charge is 2.32. The normalized spacial score (nSPS) is 20.2. The first kappa shape index (κ1) is 12.6. The summed E-state index contributed by atoms with van der Waals surface area (Å²) in [5.41, 5.74) is 1.24. The Kier molecular flexibility index (Phi) is 5.02. The van der Waals surface area contributed by atoms with Gasteiger partial charge in [-0.2, -0.15) is 0 Å². The molecule has 2 heteroatoms. The van der Waals surface area contributed by atoms with Crippen LogP contribution in [0.4, 0.5) is 0 Å². The Morgan fingerprint density at radius 1 is 1.29 bits per heavy atom. The van der Waals surface area contributed by atoms with E-state index < -0.39 is 0 Å². The third-order valence-corrected chi connectivity index (χ3v) is 3.17. The molecule has 0 amide bonds. The van der Waals surface area contributed by atoms with Gasteiger partial charge in [-0.3, -0.25) is 0 Å². The molecule has 2 nitrogen and oxygen atoms in total. The van der Waals surface area contributed by atoms with Gasteiger partial charge in [-0.15, -0.1) is 0 Å². The molecule has 0 N–H and O–H groups in total. The molecule has 1 fully saturated rings. The Morgan fingerprint density at radius 3 is 2.71 bits per heavy atom. The summed E-state index contributed by atoms with van der Waals surface area (Å²) in [6, 6.07) is 10.4. The SMILES string of the molecule is CCCCC[C@@H](OCc1ccccc1)[C@H]1CO1. The van der Waals surface area contributed by atoms with Crippen molar-refractivity contribution in [3.05, 3.63) is 35.9 Å². The highest BCUT2D eigenvalue weighted by molar-refractivity contribution is 5.13. The zero-order chi connectivity index (χ0) is 11.9. The molecule has 94 valence electrons. The molecule has 2 rings (SSSR count). The Balaban J connectivity index is 1.73. The lowest BCUT2D eigenvalue weighted by Crippen LogP contribution is -2.19. The van der Waals surface area contributed by atoms with Crippen LogP contribution in [0.2, 0.25) is 0 Å². The molecule has 1 aliphatic heterocycles. The summed E-state index contributed by atoms with van der Waals surface area (Å²) in [5.74, 6) is 0. The van der Waals surface area contributed by atoms with Crippen molar-refractivity contribution in [3.8, 4) is 0 Å². The summed E-state index contributed by atoms with van der Waals surface area (Å²) in [5, 5.41) is 0. The Labute approximate surface area is 104 Å². The van der Waals surface area contributed by atoms with E-state index in [1.165, 1.54) is 24.8 Å². The lowest BCUT2D eigenvalue weighted by molar-refractivity contribution is 0.0149. The van der Waals surface area contributed by atoms with Gasteiger partial charge in [0, 0.05) is 0 Å². The van der Waals surface area contributed by atoms with E-state index in [9.17, 15) is 0 Å². The molecule has 0 unspecified atom stereocenters. The number of epoxide rings is 1. The smallest absolute Gasteiger partial charge is 0.107 e. The van der Waals surface area contributed by atoms with Gasteiger partial charge in [0.25, 0.3) is 0 Å². The lowest BCUT2D eigenvalue weighted by Gasteiger charge is -2.15. The van der Waals surface area contributed by atoms with E-state index >= 15 is 0 Å². The maximum atomic E-state index is 5.97. The van der Waals surface area contributed by atoms with E-state index in [1.807, 2.05) is 6.07 Å². The molecule has 1 aliphatic rings. The minimum absolute atomic E-state index is 0.293. The topological polar surface area (TPSA) is 21.8 Å². The largest absolute Gasteiger partial charge is 0.371 e. The molecule has 17 heavy (non-hydrogen) atoms. The Hall–Kier alpha value is -0.860. The van der Waals surface area contributed by atoms with Crippen LogP contribution in [-0.4, -0.2) is 18.8 Å². The Morgan fingerprint density at radius 2 is 2.06 bits per heavy atom. The van der Waals surface area contributed by atoms with Crippen molar-refractivity contribution in [2.24, 2.45) is 0 Å². The minimum atomic E-state index is 0.293. The van der Waals surface area contributed by atoms with Crippen LogP contribution >= 0.6 is 0 Å². The second-order valence-corrected chi connectivity index (χ2v) is 4.70. The molecule has 2 atom stereocenters. The number of ether oxygens (including phenoxy) is 2. The van der Waals surface area contributed by atoms with Gasteiger partial charge in [-0.1, -0.05) is 56.5 Å². The zero-order valence-corrected chi connectivity index (χ0v) is 10.6. The van der Waals surface area contributed by atoms with Crippen LogP contribution in [0.25, 0.3) is 0 Å². The first-order valence-electron chi connectivity index (χ1n) is 6.67. The number of benzene rings is 1. The van der Waals surface area contributed by atoms with Gasteiger partial charge >= 0.3 is 0 Å². The molecule has 1 heterocycles. The van der Waals surface area contributed by atoms with Gasteiger partial charge in [0.05, 0.1) is 19.3 Å². The van der Waals surface area contributed by atoms with E-state index in [0.717, 1.165) is 13.0 Å². The van der Waals surface area contributed by atoms with Crippen LogP contribution in [0, 0.1) is 0 Å². The van der Waals surface area contributed by atoms with Gasteiger partial charge < -0.3 is 9.47 Å². The van der Waals surface area contributed by atoms with Gasteiger partial charge in [0.15, 0.2) is 0 Å². The second-order valence-electron chi connectivity index (χ2n) is 4.70. The first-order chi connectivity index (χ1) is 8.40. The molecule has 1 aromatic carbocycles. The number of hydrogen-bond donors (Lipinski definition) is 0. The summed E-state index contributed by atoms with van der Waals surface area (Å²) < 4.78 is 11.3. The number of hydrogen-bond acceptors (Lipinski definition) is 2. The van der Waals surface area contributed by atoms with Crippen molar-refractivity contribution in [1.29, 1.82) is 0 Å². The fraction of sp³-hybridized carbons (Fsp3) is 0.600. The molecule has 0 bridgehead atoms. The van der Waals surface area contributed by atoms with Gasteiger partial charge in [-0.05, 0) is 12.0 Å². The van der Waals surface area contributed by atoms with Crippen LogP contribution in [0.15, 0.2) is 30.3 Å². The zero-order valence-electron chi connectivity index (χ0n) is 10.6. The van der Waals surface area contributed by atoms with Crippen molar-refractivity contribution < 1.29 is 9.47 Å². The quantitative estimate of drug-likeness (QED) is 0.507. The highest BCUT2D eigenvalue weighted by atomic mass is 16.6. The van der Waals surface area contributed by atoms with Crippen LogP contribution < -0.4 is 0 Å². The fourth-order valence-corrected chi connectivity index (χ4v) is 2.02. The van der Waals surface area contributed by atoms with Gasteiger partial charge in [0.2, 0.25) is 0 Å². The molecular formula is C15H22O2. The molecule has 0 aliphatic carbocycles. The average Bonchev–Trinajstić information content (AvgIpc) is 3.19. The van der Waals surface area contributed by atoms with Crippen LogP contribution in [-0.2, 0) is 16.1 Å². The predicted molar refractivity (Wildman–Crippen MR) is 68.9 cm³/mol. The van der Waals surface area contributed by atoms with E-state index in [2.05, 4.69) is 31.2 Å². The molecule has 1 saturated heterocycles. The highest BCUT2D eigenvalue weighted by Crippen LogP contribution is 2.23. The van der Waals surface area contributed by atoms with E-state index in [0.29, 0.717) is 18.8 Å². The van der Waals surface area contributed by atoms with Crippen LogP contribution in [0.5, 0.6) is 0 Å². The van der Waals surface area contributed by atoms with E-state index in [4.69, 9.17) is 9.47 Å². The van der Waals surface area contributed by atoms with Crippen molar-refractivity contribution in [1.82, 2.24) is 0 Å². The third kappa shape index (κ3) is 4.49. The summed E-state index contributed by atoms with van der Waals surface area (Å²) in [6.45, 7) is 3.82. The van der Waals surface area contributed by atoms with Crippen molar-refractivity contribution in [2.45, 2.75) is 51.4 Å². The predicted octanol–water partition coefficient (Wildman–Crippen LogP) is 3.55. The molecule has 0 radical (unpaired) electrons. The van der Waals surface area contributed by atoms with Crippen LogP contribution in [0.1, 0.15) is 38.2 Å². The molecule has 0 spiro atoms. The second kappa shape index (κ2) is 6.77. The molecule has 0 aromatic heterocycles. The number of rotatable bonds is 8. The third-order valence-electron chi connectivity index (χ3n) is 3.17. The molecule has 0 saturated carbocycles. The summed E-state index contributed by atoms with van der Waals surface area (Å²) in [6.07, 6.45) is 5.58. The first-order valence-corrected chi connectivity index (χ1v) is 6.67. The fourth-order valence-electron chi connectivity index (χ4n) is 2.02. The summed E-state index contributed by atoms with van der Waals surface area (Å²) in [7, 11) is 0. The standard InChI is InChI=1S/C15H22O2/c1-2-3-5-10-14(15-12-17-15)16-11-13-8-6-4-7-9-13/h4,6-9,14-15H,2-3,5,10-12H2,1H3/t14-,15-/m1/s1. The number of unbranched alkanes of at least 4 members (excludes halogenated alkanes) is 2. The van der Waals surface area contributed by atoms with Crippen molar-refractivity contribution in [2.75, 3.05) is 6.61 Å². The van der Waals surface area contributed by atoms with Crippen LogP contribution in [0.3, 0.4) is 0 Å². The van der Waals surface area contributed by atoms with Gasteiger partial charge in [-0.25, -0.2) is 0 Å². The Bertz CT molecular complexity index is 306.